The Morgan fingerprint density at radius 1 is 1.24 bits per heavy atom. The monoisotopic (exact) mass is 364 g/mol. The van der Waals surface area contributed by atoms with E-state index in [0.29, 0.717) is 10.9 Å². The predicted octanol–water partition coefficient (Wildman–Crippen LogP) is 2.04. The number of rotatable bonds is 4. The van der Waals surface area contributed by atoms with Crippen LogP contribution >= 0.6 is 11.8 Å². The second-order valence-electron chi connectivity index (χ2n) is 7.11. The average Bonchev–Trinajstić information content (AvgIpc) is 2.98. The Morgan fingerprint density at radius 2 is 2.00 bits per heavy atom. The van der Waals surface area contributed by atoms with E-state index in [1.165, 1.54) is 43.5 Å². The van der Waals surface area contributed by atoms with Gasteiger partial charge in [-0.05, 0) is 33.1 Å². The predicted molar refractivity (Wildman–Crippen MR) is 99.9 cm³/mol. The first-order valence-electron chi connectivity index (χ1n) is 9.30. The van der Waals surface area contributed by atoms with Gasteiger partial charge in [-0.3, -0.25) is 14.5 Å². The number of aromatic nitrogens is 2. The molecule has 1 aromatic rings. The lowest BCUT2D eigenvalue weighted by atomic mass is 10.2. The number of H-pyrrole nitrogens is 1. The maximum atomic E-state index is 12.8. The molecule has 1 saturated heterocycles. The summed E-state index contributed by atoms with van der Waals surface area (Å²) >= 11 is 1.34. The number of hydrogen-bond donors (Lipinski definition) is 1. The molecule has 1 aromatic heterocycles. The molecular formula is C18H28N4O2S. The van der Waals surface area contributed by atoms with Crippen molar-refractivity contribution in [3.63, 3.8) is 0 Å². The SMILES string of the molecule is Cc1cc(=O)[nH]c(S[C@@H](C)C(=O)N2CCCN(C3CCCC3)CC2)n1. The van der Waals surface area contributed by atoms with E-state index < -0.39 is 0 Å². The van der Waals surface area contributed by atoms with Gasteiger partial charge in [0.1, 0.15) is 0 Å². The molecule has 1 aliphatic carbocycles. The van der Waals surface area contributed by atoms with Crippen LogP contribution in [0.3, 0.4) is 0 Å². The average molecular weight is 365 g/mol. The molecule has 1 atom stereocenters. The first-order valence-corrected chi connectivity index (χ1v) is 10.2. The molecule has 0 spiro atoms. The van der Waals surface area contributed by atoms with E-state index in [1.54, 1.807) is 6.92 Å². The van der Waals surface area contributed by atoms with Gasteiger partial charge in [0.15, 0.2) is 5.16 Å². The van der Waals surface area contributed by atoms with Crippen molar-refractivity contribution in [1.82, 2.24) is 19.8 Å². The summed E-state index contributed by atoms with van der Waals surface area (Å²) in [6, 6.07) is 2.19. The van der Waals surface area contributed by atoms with Crippen LogP contribution in [-0.4, -0.2) is 63.1 Å². The number of amides is 1. The highest BCUT2D eigenvalue weighted by atomic mass is 32.2. The Hall–Kier alpha value is -1.34. The van der Waals surface area contributed by atoms with Gasteiger partial charge in [0.2, 0.25) is 5.91 Å². The molecule has 0 aromatic carbocycles. The highest BCUT2D eigenvalue weighted by Gasteiger charge is 2.28. The van der Waals surface area contributed by atoms with E-state index in [1.807, 2.05) is 11.8 Å². The van der Waals surface area contributed by atoms with E-state index in [9.17, 15) is 9.59 Å². The summed E-state index contributed by atoms with van der Waals surface area (Å²) in [5.41, 5.74) is 0.504. The van der Waals surface area contributed by atoms with Crippen LogP contribution in [0.2, 0.25) is 0 Å². The van der Waals surface area contributed by atoms with Gasteiger partial charge in [-0.2, -0.15) is 0 Å². The lowest BCUT2D eigenvalue weighted by Crippen LogP contribution is -2.41. The number of aromatic amines is 1. The van der Waals surface area contributed by atoms with Gasteiger partial charge in [0.25, 0.3) is 5.56 Å². The van der Waals surface area contributed by atoms with Gasteiger partial charge >= 0.3 is 0 Å². The van der Waals surface area contributed by atoms with E-state index in [4.69, 9.17) is 0 Å². The van der Waals surface area contributed by atoms with Crippen LogP contribution in [-0.2, 0) is 4.79 Å². The molecule has 6 nitrogen and oxygen atoms in total. The first kappa shape index (κ1) is 18.5. The molecule has 0 radical (unpaired) electrons. The standard InChI is InChI=1S/C18H28N4O2S/c1-13-12-16(23)20-18(19-13)25-14(2)17(24)22-9-5-8-21(10-11-22)15-6-3-4-7-15/h12,14-15H,3-11H2,1-2H3,(H,19,20,23)/t14-/m0/s1. The summed E-state index contributed by atoms with van der Waals surface area (Å²) in [7, 11) is 0. The number of aryl methyl sites for hydroxylation is 1. The number of carbonyl (C=O) groups excluding carboxylic acids is 1. The fourth-order valence-electron chi connectivity index (χ4n) is 3.87. The molecule has 1 aliphatic heterocycles. The number of nitrogens with one attached hydrogen (secondary N) is 1. The van der Waals surface area contributed by atoms with Crippen molar-refractivity contribution in [2.24, 2.45) is 0 Å². The van der Waals surface area contributed by atoms with Crippen LogP contribution in [0, 0.1) is 6.92 Å². The van der Waals surface area contributed by atoms with Crippen molar-refractivity contribution < 1.29 is 4.79 Å². The Kier molecular flexibility index (Phi) is 6.17. The van der Waals surface area contributed by atoms with Crippen molar-refractivity contribution in [2.75, 3.05) is 26.2 Å². The molecule has 7 heteroatoms. The maximum absolute atomic E-state index is 12.8. The van der Waals surface area contributed by atoms with Crippen LogP contribution in [0.5, 0.6) is 0 Å². The third-order valence-electron chi connectivity index (χ3n) is 5.17. The minimum atomic E-state index is -0.247. The summed E-state index contributed by atoms with van der Waals surface area (Å²) < 4.78 is 0. The third kappa shape index (κ3) is 4.85. The lowest BCUT2D eigenvalue weighted by Gasteiger charge is -2.27. The third-order valence-corrected chi connectivity index (χ3v) is 6.14. The quantitative estimate of drug-likeness (QED) is 0.654. The molecule has 1 amide bonds. The van der Waals surface area contributed by atoms with Gasteiger partial charge in [-0.15, -0.1) is 0 Å². The van der Waals surface area contributed by atoms with Crippen molar-refractivity contribution in [1.29, 1.82) is 0 Å². The van der Waals surface area contributed by atoms with Crippen LogP contribution in [0.25, 0.3) is 0 Å². The van der Waals surface area contributed by atoms with E-state index in [0.717, 1.165) is 38.6 Å². The Morgan fingerprint density at radius 3 is 2.72 bits per heavy atom. The normalized spacial score (nSPS) is 21.3. The van der Waals surface area contributed by atoms with Gasteiger partial charge in [-0.1, -0.05) is 24.6 Å². The maximum Gasteiger partial charge on any atom is 0.251 e. The van der Waals surface area contributed by atoms with Crippen LogP contribution < -0.4 is 5.56 Å². The van der Waals surface area contributed by atoms with Crippen LogP contribution in [0.1, 0.15) is 44.7 Å². The molecule has 3 rings (SSSR count). The molecule has 0 unspecified atom stereocenters. The second kappa shape index (κ2) is 8.36. The summed E-state index contributed by atoms with van der Waals surface area (Å²) in [5, 5.41) is 0.274. The fourth-order valence-corrected chi connectivity index (χ4v) is 4.82. The topological polar surface area (TPSA) is 69.3 Å². The van der Waals surface area contributed by atoms with E-state index in [2.05, 4.69) is 14.9 Å². The van der Waals surface area contributed by atoms with Crippen molar-refractivity contribution in [3.05, 3.63) is 22.1 Å². The zero-order valence-corrected chi connectivity index (χ0v) is 16.0. The van der Waals surface area contributed by atoms with Crippen LogP contribution in [0.4, 0.5) is 0 Å². The Labute approximate surface area is 153 Å². The van der Waals surface area contributed by atoms with Gasteiger partial charge < -0.3 is 9.88 Å². The highest BCUT2D eigenvalue weighted by Crippen LogP contribution is 2.25. The van der Waals surface area contributed by atoms with E-state index in [-0.39, 0.29) is 16.7 Å². The zero-order valence-electron chi connectivity index (χ0n) is 15.2. The van der Waals surface area contributed by atoms with Crippen molar-refractivity contribution in [2.45, 2.75) is 62.4 Å². The van der Waals surface area contributed by atoms with Crippen molar-refractivity contribution in [3.8, 4) is 0 Å². The van der Waals surface area contributed by atoms with Gasteiger partial charge in [-0.25, -0.2) is 4.98 Å². The minimum Gasteiger partial charge on any atom is -0.340 e. The summed E-state index contributed by atoms with van der Waals surface area (Å²) in [4.78, 5) is 36.0. The van der Waals surface area contributed by atoms with Gasteiger partial charge in [0, 0.05) is 44.0 Å². The summed E-state index contributed by atoms with van der Waals surface area (Å²) in [6.07, 6.45) is 6.36. The molecular weight excluding hydrogens is 336 g/mol. The Balaban J connectivity index is 1.57. The zero-order chi connectivity index (χ0) is 17.8. The molecule has 0 bridgehead atoms. The second-order valence-corrected chi connectivity index (χ2v) is 8.43. The van der Waals surface area contributed by atoms with E-state index >= 15 is 0 Å². The molecule has 1 N–H and O–H groups in total. The fraction of sp³-hybridized carbons (Fsp3) is 0.722. The number of hydrogen-bond acceptors (Lipinski definition) is 5. The summed E-state index contributed by atoms with van der Waals surface area (Å²) in [6.45, 7) is 7.39. The number of thioether (sulfide) groups is 1. The molecule has 25 heavy (non-hydrogen) atoms. The minimum absolute atomic E-state index is 0.141. The highest BCUT2D eigenvalue weighted by molar-refractivity contribution is 8.00. The lowest BCUT2D eigenvalue weighted by molar-refractivity contribution is -0.130. The number of carbonyl (C=O) groups is 1. The molecule has 2 fully saturated rings. The summed E-state index contributed by atoms with van der Waals surface area (Å²) in [5.74, 6) is 0.141. The van der Waals surface area contributed by atoms with Crippen molar-refractivity contribution >= 4 is 17.7 Å². The molecule has 2 aliphatic rings. The van der Waals surface area contributed by atoms with Crippen LogP contribution in [0.15, 0.2) is 16.0 Å². The Bertz CT molecular complexity index is 657. The first-order chi connectivity index (χ1) is 12.0. The molecule has 138 valence electrons. The largest absolute Gasteiger partial charge is 0.340 e. The molecule has 1 saturated carbocycles. The number of nitrogens with zero attached hydrogens (tertiary/aromatic N) is 3. The smallest absolute Gasteiger partial charge is 0.251 e. The molecule has 2 heterocycles. The van der Waals surface area contributed by atoms with Gasteiger partial charge in [0.05, 0.1) is 5.25 Å².